The van der Waals surface area contributed by atoms with Crippen molar-refractivity contribution < 1.29 is 22.7 Å². The van der Waals surface area contributed by atoms with E-state index in [1.165, 1.54) is 35.2 Å². The molecular weight excluding hydrogens is 392 g/mol. The lowest BCUT2D eigenvalue weighted by Gasteiger charge is -2.22. The van der Waals surface area contributed by atoms with Crippen LogP contribution in [0.15, 0.2) is 47.4 Å². The van der Waals surface area contributed by atoms with E-state index in [0.717, 1.165) is 0 Å². The van der Waals surface area contributed by atoms with Gasteiger partial charge in [0.15, 0.2) is 6.61 Å². The fourth-order valence-electron chi connectivity index (χ4n) is 3.03. The number of carbonyl (C=O) groups excluding carboxylic acids is 2. The smallest absolute Gasteiger partial charge is 0.338 e. The van der Waals surface area contributed by atoms with Gasteiger partial charge in [0.25, 0.3) is 5.91 Å². The van der Waals surface area contributed by atoms with E-state index in [9.17, 15) is 18.0 Å². The van der Waals surface area contributed by atoms with Gasteiger partial charge in [-0.25, -0.2) is 18.4 Å². The first-order chi connectivity index (χ1) is 12.7. The molecule has 0 spiro atoms. The summed E-state index contributed by atoms with van der Waals surface area (Å²) in [5.41, 5.74) is 1.58. The summed E-state index contributed by atoms with van der Waals surface area (Å²) in [6.45, 7) is 1.40. The molecule has 3 rings (SSSR count). The highest BCUT2D eigenvalue weighted by molar-refractivity contribution is 7.89. The van der Waals surface area contributed by atoms with Gasteiger partial charge in [-0.3, -0.25) is 4.79 Å². The first-order valence-electron chi connectivity index (χ1n) is 8.07. The maximum Gasteiger partial charge on any atom is 0.338 e. The van der Waals surface area contributed by atoms with Gasteiger partial charge >= 0.3 is 5.97 Å². The largest absolute Gasteiger partial charge is 0.452 e. The first-order valence-corrected chi connectivity index (χ1v) is 9.99. The molecule has 1 heterocycles. The lowest BCUT2D eigenvalue weighted by Crippen LogP contribution is -2.38. The molecular formula is C18H17ClN2O5S. The third-order valence-corrected chi connectivity index (χ3v) is 5.43. The average Bonchev–Trinajstić information content (AvgIpc) is 2.94. The zero-order chi connectivity index (χ0) is 19.8. The Bertz CT molecular complexity index is 1000. The summed E-state index contributed by atoms with van der Waals surface area (Å²) in [4.78, 5) is 26.1. The summed E-state index contributed by atoms with van der Waals surface area (Å²) in [5.74, 6) is -1.02. The van der Waals surface area contributed by atoms with Gasteiger partial charge in [0.2, 0.25) is 10.0 Å². The van der Waals surface area contributed by atoms with Gasteiger partial charge in [0.05, 0.1) is 10.5 Å². The monoisotopic (exact) mass is 408 g/mol. The van der Waals surface area contributed by atoms with Crippen LogP contribution >= 0.6 is 11.6 Å². The number of nitrogens with two attached hydrogens (primary N) is 1. The molecule has 27 heavy (non-hydrogen) atoms. The minimum atomic E-state index is -3.82. The SMILES string of the molecule is CC1Cc2cc(S(N)(=O)=O)ccc2N1C(=O)COC(=O)c1ccc(Cl)cc1. The van der Waals surface area contributed by atoms with Gasteiger partial charge in [-0.1, -0.05) is 11.6 Å². The third kappa shape index (κ3) is 4.13. The van der Waals surface area contributed by atoms with Crippen LogP contribution in [0.5, 0.6) is 0 Å². The first kappa shape index (κ1) is 19.3. The summed E-state index contributed by atoms with van der Waals surface area (Å²) >= 11 is 5.77. The highest BCUT2D eigenvalue weighted by Crippen LogP contribution is 2.33. The van der Waals surface area contributed by atoms with E-state index < -0.39 is 28.5 Å². The molecule has 1 amide bonds. The molecule has 0 aromatic heterocycles. The van der Waals surface area contributed by atoms with Gasteiger partial charge in [0.1, 0.15) is 0 Å². The quantitative estimate of drug-likeness (QED) is 0.780. The van der Waals surface area contributed by atoms with Crippen molar-refractivity contribution in [3.05, 3.63) is 58.6 Å². The number of benzene rings is 2. The van der Waals surface area contributed by atoms with E-state index in [1.54, 1.807) is 12.1 Å². The molecule has 0 saturated carbocycles. The number of sulfonamides is 1. The predicted molar refractivity (Wildman–Crippen MR) is 100 cm³/mol. The van der Waals surface area contributed by atoms with Crippen LogP contribution in [0.3, 0.4) is 0 Å². The van der Waals surface area contributed by atoms with E-state index in [4.69, 9.17) is 21.5 Å². The molecule has 9 heteroatoms. The zero-order valence-corrected chi connectivity index (χ0v) is 16.0. The van der Waals surface area contributed by atoms with Crippen LogP contribution in [-0.4, -0.2) is 32.9 Å². The number of hydrogen-bond acceptors (Lipinski definition) is 5. The second kappa shape index (κ2) is 7.30. The number of primary sulfonamides is 1. The minimum Gasteiger partial charge on any atom is -0.452 e. The Morgan fingerprint density at radius 2 is 1.89 bits per heavy atom. The normalized spacial score (nSPS) is 16.1. The molecule has 0 fully saturated rings. The van der Waals surface area contributed by atoms with Crippen LogP contribution in [0.2, 0.25) is 5.02 Å². The Kier molecular flexibility index (Phi) is 5.23. The number of nitrogens with zero attached hydrogens (tertiary/aromatic N) is 1. The molecule has 1 unspecified atom stereocenters. The Hall–Kier alpha value is -2.42. The number of ether oxygens (including phenoxy) is 1. The van der Waals surface area contributed by atoms with Crippen LogP contribution in [0.1, 0.15) is 22.8 Å². The van der Waals surface area contributed by atoms with E-state index >= 15 is 0 Å². The Morgan fingerprint density at radius 3 is 2.52 bits per heavy atom. The summed E-state index contributed by atoms with van der Waals surface area (Å²) < 4.78 is 28.1. The van der Waals surface area contributed by atoms with Crippen molar-refractivity contribution >= 4 is 39.2 Å². The van der Waals surface area contributed by atoms with E-state index in [1.807, 2.05) is 6.92 Å². The molecule has 2 N–H and O–H groups in total. The van der Waals surface area contributed by atoms with Crippen molar-refractivity contribution in [2.45, 2.75) is 24.3 Å². The Balaban J connectivity index is 1.72. The van der Waals surface area contributed by atoms with Crippen molar-refractivity contribution in [3.63, 3.8) is 0 Å². The van der Waals surface area contributed by atoms with E-state index in [2.05, 4.69) is 0 Å². The standard InChI is InChI=1S/C18H17ClN2O5S/c1-11-8-13-9-15(27(20,24)25)6-7-16(13)21(11)17(22)10-26-18(23)12-2-4-14(19)5-3-12/h2-7,9,11H,8,10H2,1H3,(H2,20,24,25). The number of amides is 1. The minimum absolute atomic E-state index is 0.00286. The molecule has 1 atom stereocenters. The molecule has 2 aromatic carbocycles. The fraction of sp³-hybridized carbons (Fsp3) is 0.222. The summed E-state index contributed by atoms with van der Waals surface area (Å²) in [6, 6.07) is 10.3. The van der Waals surface area contributed by atoms with Crippen LogP contribution < -0.4 is 10.0 Å². The second-order valence-corrected chi connectivity index (χ2v) is 8.23. The van der Waals surface area contributed by atoms with Crippen molar-refractivity contribution in [2.75, 3.05) is 11.5 Å². The zero-order valence-electron chi connectivity index (χ0n) is 14.4. The number of rotatable bonds is 4. The third-order valence-electron chi connectivity index (χ3n) is 4.27. The predicted octanol–water partition coefficient (Wildman–Crippen LogP) is 2.12. The molecule has 0 saturated heterocycles. The van der Waals surface area contributed by atoms with Gasteiger partial charge in [-0.15, -0.1) is 0 Å². The molecule has 1 aliphatic rings. The number of carbonyl (C=O) groups is 2. The van der Waals surface area contributed by atoms with Gasteiger partial charge in [-0.2, -0.15) is 0 Å². The van der Waals surface area contributed by atoms with E-state index in [0.29, 0.717) is 28.3 Å². The van der Waals surface area contributed by atoms with Gasteiger partial charge < -0.3 is 9.64 Å². The van der Waals surface area contributed by atoms with Crippen LogP contribution in [-0.2, 0) is 26.0 Å². The van der Waals surface area contributed by atoms with Crippen LogP contribution in [0, 0.1) is 0 Å². The molecule has 0 radical (unpaired) electrons. The highest BCUT2D eigenvalue weighted by Gasteiger charge is 2.32. The Labute approximate surface area is 161 Å². The van der Waals surface area contributed by atoms with Gasteiger partial charge in [-0.05, 0) is 61.4 Å². The number of anilines is 1. The maximum absolute atomic E-state index is 12.6. The molecule has 1 aliphatic heterocycles. The summed E-state index contributed by atoms with van der Waals surface area (Å²) in [5, 5.41) is 5.64. The van der Waals surface area contributed by atoms with Crippen molar-refractivity contribution in [2.24, 2.45) is 5.14 Å². The number of esters is 1. The van der Waals surface area contributed by atoms with Crippen LogP contribution in [0.4, 0.5) is 5.69 Å². The topological polar surface area (TPSA) is 107 Å². The number of halogens is 1. The molecule has 2 aromatic rings. The lowest BCUT2D eigenvalue weighted by molar-refractivity contribution is -0.122. The summed E-state index contributed by atoms with van der Waals surface area (Å²) in [6.07, 6.45) is 0.482. The lowest BCUT2D eigenvalue weighted by atomic mass is 10.1. The number of hydrogen-bond donors (Lipinski definition) is 1. The van der Waals surface area contributed by atoms with Crippen molar-refractivity contribution in [1.82, 2.24) is 0 Å². The van der Waals surface area contributed by atoms with E-state index in [-0.39, 0.29) is 10.9 Å². The fourth-order valence-corrected chi connectivity index (χ4v) is 3.72. The maximum atomic E-state index is 12.6. The second-order valence-electron chi connectivity index (χ2n) is 6.24. The molecule has 0 aliphatic carbocycles. The average molecular weight is 409 g/mol. The Morgan fingerprint density at radius 1 is 1.22 bits per heavy atom. The summed E-state index contributed by atoms with van der Waals surface area (Å²) in [7, 11) is -3.82. The highest BCUT2D eigenvalue weighted by atomic mass is 35.5. The molecule has 7 nitrogen and oxygen atoms in total. The molecule has 142 valence electrons. The van der Waals surface area contributed by atoms with Crippen molar-refractivity contribution in [1.29, 1.82) is 0 Å². The van der Waals surface area contributed by atoms with Crippen LogP contribution in [0.25, 0.3) is 0 Å². The van der Waals surface area contributed by atoms with Gasteiger partial charge in [0, 0.05) is 16.8 Å². The number of fused-ring (bicyclic) bond motifs is 1. The van der Waals surface area contributed by atoms with Crippen molar-refractivity contribution in [3.8, 4) is 0 Å². The molecule has 0 bridgehead atoms.